The molecule has 3 aromatic rings. The first-order valence-corrected chi connectivity index (χ1v) is 15.2. The Bertz CT molecular complexity index is 1330. The van der Waals surface area contributed by atoms with Crippen LogP contribution >= 0.6 is 15.9 Å². The van der Waals surface area contributed by atoms with Crippen LogP contribution in [0.15, 0.2) is 83.3 Å². The van der Waals surface area contributed by atoms with Crippen molar-refractivity contribution in [2.24, 2.45) is 0 Å². The van der Waals surface area contributed by atoms with Crippen molar-refractivity contribution in [3.05, 3.63) is 100 Å². The number of hydrogen-bond acceptors (Lipinski definition) is 4. The molecule has 1 atom stereocenters. The topological polar surface area (TPSA) is 86.8 Å². The quantitative estimate of drug-likeness (QED) is 0.331. The Hall–Kier alpha value is -3.17. The molecule has 202 valence electrons. The Balaban J connectivity index is 2.02. The monoisotopic (exact) mass is 599 g/mol. The molecule has 0 saturated heterocycles. The largest absolute Gasteiger partial charge is 0.355 e. The number of anilines is 1. The average Bonchev–Trinajstić information content (AvgIpc) is 2.89. The zero-order valence-electron chi connectivity index (χ0n) is 21.9. The zero-order valence-corrected chi connectivity index (χ0v) is 24.3. The minimum Gasteiger partial charge on any atom is -0.355 e. The molecular formula is C29H34BrN3O4S. The van der Waals surface area contributed by atoms with Gasteiger partial charge in [0.05, 0.1) is 11.9 Å². The molecule has 0 aliphatic rings. The molecule has 0 bridgehead atoms. The SMILES string of the molecule is CCNC(=O)[C@@H](Cc1ccccc1)N(Cc1cccc(Br)c1)C(=O)CN(c1ccc(CC)cc1)S(C)(=O)=O. The third-order valence-corrected chi connectivity index (χ3v) is 7.81. The molecule has 3 rings (SSSR count). The predicted octanol–water partition coefficient (Wildman–Crippen LogP) is 4.55. The highest BCUT2D eigenvalue weighted by molar-refractivity contribution is 9.10. The Labute approximate surface area is 234 Å². The van der Waals surface area contributed by atoms with Gasteiger partial charge in [-0.05, 0) is 54.3 Å². The van der Waals surface area contributed by atoms with Crippen molar-refractivity contribution in [3.63, 3.8) is 0 Å². The first kappa shape index (κ1) is 29.4. The number of aryl methyl sites for hydroxylation is 1. The van der Waals surface area contributed by atoms with Gasteiger partial charge in [-0.15, -0.1) is 0 Å². The maximum Gasteiger partial charge on any atom is 0.244 e. The molecule has 9 heteroatoms. The number of amides is 2. The highest BCUT2D eigenvalue weighted by Gasteiger charge is 2.32. The highest BCUT2D eigenvalue weighted by Crippen LogP contribution is 2.22. The maximum atomic E-state index is 14.0. The normalized spacial score (nSPS) is 12.0. The molecule has 0 heterocycles. The van der Waals surface area contributed by atoms with E-state index in [1.807, 2.05) is 80.6 Å². The van der Waals surface area contributed by atoms with E-state index in [4.69, 9.17) is 0 Å². The molecule has 0 fully saturated rings. The fraction of sp³-hybridized carbons (Fsp3) is 0.310. The number of carbonyl (C=O) groups excluding carboxylic acids is 2. The second-order valence-electron chi connectivity index (χ2n) is 9.04. The van der Waals surface area contributed by atoms with Crippen LogP contribution in [0.4, 0.5) is 5.69 Å². The summed E-state index contributed by atoms with van der Waals surface area (Å²) in [7, 11) is -3.78. The summed E-state index contributed by atoms with van der Waals surface area (Å²) in [6, 6.07) is 23.3. The van der Waals surface area contributed by atoms with Gasteiger partial charge in [0.15, 0.2) is 0 Å². The van der Waals surface area contributed by atoms with Crippen molar-refractivity contribution >= 4 is 43.5 Å². The van der Waals surface area contributed by atoms with Crippen molar-refractivity contribution < 1.29 is 18.0 Å². The summed E-state index contributed by atoms with van der Waals surface area (Å²) in [6.07, 6.45) is 2.18. The molecule has 2 amide bonds. The summed E-state index contributed by atoms with van der Waals surface area (Å²) in [5, 5.41) is 2.85. The molecule has 3 aromatic carbocycles. The second-order valence-corrected chi connectivity index (χ2v) is 11.9. The summed E-state index contributed by atoms with van der Waals surface area (Å²) in [4.78, 5) is 28.8. The zero-order chi connectivity index (χ0) is 27.7. The fourth-order valence-corrected chi connectivity index (χ4v) is 5.49. The van der Waals surface area contributed by atoms with Gasteiger partial charge in [0.2, 0.25) is 21.8 Å². The summed E-state index contributed by atoms with van der Waals surface area (Å²) in [5.41, 5.74) is 3.17. The number of carbonyl (C=O) groups is 2. The van der Waals surface area contributed by atoms with E-state index in [9.17, 15) is 18.0 Å². The van der Waals surface area contributed by atoms with Crippen LogP contribution in [-0.2, 0) is 39.0 Å². The highest BCUT2D eigenvalue weighted by atomic mass is 79.9. The Morgan fingerprint density at radius 3 is 2.13 bits per heavy atom. The lowest BCUT2D eigenvalue weighted by Gasteiger charge is -2.33. The number of rotatable bonds is 12. The third kappa shape index (κ3) is 8.16. The lowest BCUT2D eigenvalue weighted by molar-refractivity contribution is -0.140. The standard InChI is InChI=1S/C29H34BrN3O4S/c1-4-22-14-16-26(17-15-22)33(38(3,36)37)21-28(34)32(20-24-12-9-13-25(30)18-24)27(29(35)31-5-2)19-23-10-7-6-8-11-23/h6-18,27H,4-5,19-21H2,1-3H3,(H,31,35)/t27-/m1/s1. The third-order valence-electron chi connectivity index (χ3n) is 6.18. The predicted molar refractivity (Wildman–Crippen MR) is 155 cm³/mol. The maximum absolute atomic E-state index is 14.0. The molecule has 0 saturated carbocycles. The van der Waals surface area contributed by atoms with Gasteiger partial charge in [0.25, 0.3) is 0 Å². The van der Waals surface area contributed by atoms with Crippen LogP contribution in [0.5, 0.6) is 0 Å². The number of benzene rings is 3. The summed E-state index contributed by atoms with van der Waals surface area (Å²) < 4.78 is 27.6. The van der Waals surface area contributed by atoms with E-state index >= 15 is 0 Å². The first-order valence-electron chi connectivity index (χ1n) is 12.5. The van der Waals surface area contributed by atoms with Gasteiger partial charge >= 0.3 is 0 Å². The van der Waals surface area contributed by atoms with Gasteiger partial charge in [0.1, 0.15) is 12.6 Å². The van der Waals surface area contributed by atoms with Gasteiger partial charge in [-0.2, -0.15) is 0 Å². The van der Waals surface area contributed by atoms with E-state index in [2.05, 4.69) is 21.2 Å². The van der Waals surface area contributed by atoms with Gasteiger partial charge in [-0.1, -0.05) is 77.5 Å². The number of likely N-dealkylation sites (N-methyl/N-ethyl adjacent to an activating group) is 1. The molecule has 7 nitrogen and oxygen atoms in total. The molecular weight excluding hydrogens is 566 g/mol. The van der Waals surface area contributed by atoms with Crippen molar-refractivity contribution in [2.45, 2.75) is 39.3 Å². The molecule has 0 aliphatic heterocycles. The lowest BCUT2D eigenvalue weighted by Crippen LogP contribution is -2.53. The molecule has 0 spiro atoms. The lowest BCUT2D eigenvalue weighted by atomic mass is 10.0. The minimum atomic E-state index is -3.78. The van der Waals surface area contributed by atoms with Crippen LogP contribution < -0.4 is 9.62 Å². The molecule has 0 aliphatic carbocycles. The molecule has 0 aromatic heterocycles. The molecule has 0 radical (unpaired) electrons. The van der Waals surface area contributed by atoms with Gasteiger partial charge in [0, 0.05) is 24.0 Å². The van der Waals surface area contributed by atoms with Gasteiger partial charge < -0.3 is 10.2 Å². The summed E-state index contributed by atoms with van der Waals surface area (Å²) in [6.45, 7) is 3.95. The van der Waals surface area contributed by atoms with Crippen LogP contribution in [-0.4, -0.2) is 50.5 Å². The van der Waals surface area contributed by atoms with E-state index in [-0.39, 0.29) is 18.9 Å². The smallest absolute Gasteiger partial charge is 0.244 e. The van der Waals surface area contributed by atoms with E-state index in [0.717, 1.165) is 38.1 Å². The number of halogens is 1. The fourth-order valence-electron chi connectivity index (χ4n) is 4.19. The first-order chi connectivity index (χ1) is 18.1. The van der Waals surface area contributed by atoms with E-state index in [0.29, 0.717) is 12.2 Å². The number of nitrogens with zero attached hydrogens (tertiary/aromatic N) is 2. The van der Waals surface area contributed by atoms with Gasteiger partial charge in [-0.25, -0.2) is 8.42 Å². The summed E-state index contributed by atoms with van der Waals surface area (Å²) in [5.74, 6) is -0.764. The number of hydrogen-bond donors (Lipinski definition) is 1. The molecule has 38 heavy (non-hydrogen) atoms. The van der Waals surface area contributed by atoms with E-state index in [1.165, 1.54) is 4.90 Å². The minimum absolute atomic E-state index is 0.138. The number of nitrogens with one attached hydrogen (secondary N) is 1. The van der Waals surface area contributed by atoms with Gasteiger partial charge in [-0.3, -0.25) is 13.9 Å². The average molecular weight is 601 g/mol. The van der Waals surface area contributed by atoms with E-state index in [1.54, 1.807) is 12.1 Å². The van der Waals surface area contributed by atoms with Crippen LogP contribution in [0.25, 0.3) is 0 Å². The van der Waals surface area contributed by atoms with Crippen LogP contribution in [0.3, 0.4) is 0 Å². The van der Waals surface area contributed by atoms with Crippen LogP contribution in [0.2, 0.25) is 0 Å². The van der Waals surface area contributed by atoms with Crippen molar-refractivity contribution in [1.29, 1.82) is 0 Å². The Kier molecular flexibility index (Phi) is 10.5. The molecule has 0 unspecified atom stereocenters. The second kappa shape index (κ2) is 13.6. The molecule has 1 N–H and O–H groups in total. The van der Waals surface area contributed by atoms with Crippen LogP contribution in [0.1, 0.15) is 30.5 Å². The summed E-state index contributed by atoms with van der Waals surface area (Å²) >= 11 is 3.47. The van der Waals surface area contributed by atoms with Crippen molar-refractivity contribution in [2.75, 3.05) is 23.7 Å². The van der Waals surface area contributed by atoms with Crippen molar-refractivity contribution in [1.82, 2.24) is 10.2 Å². The number of sulfonamides is 1. The van der Waals surface area contributed by atoms with Crippen LogP contribution in [0, 0.1) is 0 Å². The Morgan fingerprint density at radius 1 is 0.895 bits per heavy atom. The Morgan fingerprint density at radius 2 is 1.55 bits per heavy atom. The van der Waals surface area contributed by atoms with E-state index < -0.39 is 28.5 Å². The van der Waals surface area contributed by atoms with Crippen molar-refractivity contribution in [3.8, 4) is 0 Å².